The molecule has 0 bridgehead atoms. The summed E-state index contributed by atoms with van der Waals surface area (Å²) < 4.78 is 5.43. The molecule has 0 spiro atoms. The standard InChI is InChI=1S/C23H14N2O2/c24-15-16-5-7-17(8-6-16)18-9-12-20(13-10-18)27-23(26)22-14-11-19-3-1-2-4-21(19)25-22/h1-14H. The van der Waals surface area contributed by atoms with Crippen LogP contribution in [0.1, 0.15) is 16.1 Å². The van der Waals surface area contributed by atoms with Gasteiger partial charge in [-0.1, -0.05) is 48.5 Å². The monoisotopic (exact) mass is 350 g/mol. The first kappa shape index (κ1) is 16.5. The third kappa shape index (κ3) is 3.53. The molecule has 3 aromatic carbocycles. The zero-order chi connectivity index (χ0) is 18.6. The van der Waals surface area contributed by atoms with E-state index >= 15 is 0 Å². The Morgan fingerprint density at radius 3 is 2.19 bits per heavy atom. The number of rotatable bonds is 3. The van der Waals surface area contributed by atoms with E-state index in [1.54, 1.807) is 30.3 Å². The smallest absolute Gasteiger partial charge is 0.362 e. The minimum absolute atomic E-state index is 0.268. The maximum Gasteiger partial charge on any atom is 0.362 e. The Morgan fingerprint density at radius 2 is 1.48 bits per heavy atom. The molecule has 4 heteroatoms. The van der Waals surface area contributed by atoms with Gasteiger partial charge >= 0.3 is 5.97 Å². The van der Waals surface area contributed by atoms with Crippen molar-refractivity contribution in [3.63, 3.8) is 0 Å². The summed E-state index contributed by atoms with van der Waals surface area (Å²) in [6.07, 6.45) is 0. The van der Waals surface area contributed by atoms with E-state index in [2.05, 4.69) is 11.1 Å². The number of pyridine rings is 1. The van der Waals surface area contributed by atoms with Crippen LogP contribution in [0.5, 0.6) is 5.75 Å². The van der Waals surface area contributed by atoms with Gasteiger partial charge < -0.3 is 4.74 Å². The number of benzene rings is 3. The average molecular weight is 350 g/mol. The van der Waals surface area contributed by atoms with E-state index in [0.717, 1.165) is 22.0 Å². The Labute approximate surface area is 156 Å². The topological polar surface area (TPSA) is 63.0 Å². The molecule has 0 radical (unpaired) electrons. The molecule has 0 aliphatic heterocycles. The number of ether oxygens (including phenoxy) is 1. The van der Waals surface area contributed by atoms with Crippen molar-refractivity contribution in [1.29, 1.82) is 5.26 Å². The number of hydrogen-bond donors (Lipinski definition) is 0. The maximum absolute atomic E-state index is 12.4. The van der Waals surface area contributed by atoms with E-state index in [4.69, 9.17) is 10.00 Å². The van der Waals surface area contributed by atoms with E-state index in [0.29, 0.717) is 11.3 Å². The molecule has 0 N–H and O–H groups in total. The van der Waals surface area contributed by atoms with Crippen LogP contribution in [0.4, 0.5) is 0 Å². The van der Waals surface area contributed by atoms with Crippen LogP contribution in [0, 0.1) is 11.3 Å². The molecule has 0 fully saturated rings. The fraction of sp³-hybridized carbons (Fsp3) is 0. The molecule has 4 rings (SSSR count). The summed E-state index contributed by atoms with van der Waals surface area (Å²) in [5, 5.41) is 9.84. The summed E-state index contributed by atoms with van der Waals surface area (Å²) >= 11 is 0. The highest BCUT2D eigenvalue weighted by atomic mass is 16.5. The van der Waals surface area contributed by atoms with Crippen LogP contribution in [0.2, 0.25) is 0 Å². The molecule has 0 aliphatic carbocycles. The Bertz CT molecular complexity index is 1160. The van der Waals surface area contributed by atoms with E-state index in [1.807, 2.05) is 54.6 Å². The number of hydrogen-bond acceptors (Lipinski definition) is 4. The second-order valence-corrected chi connectivity index (χ2v) is 5.99. The van der Waals surface area contributed by atoms with Gasteiger partial charge in [0, 0.05) is 5.39 Å². The average Bonchev–Trinajstić information content (AvgIpc) is 2.74. The second kappa shape index (κ2) is 7.11. The Kier molecular flexibility index (Phi) is 4.34. The van der Waals surface area contributed by atoms with Crippen molar-refractivity contribution in [2.24, 2.45) is 0 Å². The fourth-order valence-electron chi connectivity index (χ4n) is 2.79. The van der Waals surface area contributed by atoms with Gasteiger partial charge in [0.1, 0.15) is 11.4 Å². The molecule has 128 valence electrons. The van der Waals surface area contributed by atoms with Crippen LogP contribution in [0.3, 0.4) is 0 Å². The zero-order valence-corrected chi connectivity index (χ0v) is 14.3. The summed E-state index contributed by atoms with van der Waals surface area (Å²) in [7, 11) is 0. The molecule has 0 aliphatic rings. The fourth-order valence-corrected chi connectivity index (χ4v) is 2.79. The number of carbonyl (C=O) groups is 1. The van der Waals surface area contributed by atoms with Gasteiger partial charge in [0.2, 0.25) is 0 Å². The number of para-hydroxylation sites is 1. The van der Waals surface area contributed by atoms with Crippen LogP contribution in [0.15, 0.2) is 84.9 Å². The lowest BCUT2D eigenvalue weighted by atomic mass is 10.0. The van der Waals surface area contributed by atoms with Crippen molar-refractivity contribution in [3.8, 4) is 22.9 Å². The first-order chi connectivity index (χ1) is 13.2. The van der Waals surface area contributed by atoms with E-state index in [9.17, 15) is 4.79 Å². The van der Waals surface area contributed by atoms with Crippen molar-refractivity contribution in [2.45, 2.75) is 0 Å². The van der Waals surface area contributed by atoms with Crippen molar-refractivity contribution < 1.29 is 9.53 Å². The summed E-state index contributed by atoms with van der Waals surface area (Å²) in [6.45, 7) is 0. The van der Waals surface area contributed by atoms with Crippen LogP contribution in [-0.4, -0.2) is 11.0 Å². The Hall–Kier alpha value is -3.97. The van der Waals surface area contributed by atoms with Gasteiger partial charge in [0.05, 0.1) is 17.1 Å². The predicted octanol–water partition coefficient (Wildman–Crippen LogP) is 4.99. The number of nitriles is 1. The Morgan fingerprint density at radius 1 is 0.815 bits per heavy atom. The number of nitrogens with zero attached hydrogens (tertiary/aromatic N) is 2. The van der Waals surface area contributed by atoms with Gasteiger partial charge in [-0.05, 0) is 47.5 Å². The second-order valence-electron chi connectivity index (χ2n) is 5.99. The lowest BCUT2D eigenvalue weighted by Crippen LogP contribution is -2.10. The Balaban J connectivity index is 1.51. The van der Waals surface area contributed by atoms with Crippen LogP contribution >= 0.6 is 0 Å². The molecular weight excluding hydrogens is 336 g/mol. The van der Waals surface area contributed by atoms with Gasteiger partial charge in [0.15, 0.2) is 0 Å². The molecule has 0 amide bonds. The molecule has 0 saturated heterocycles. The van der Waals surface area contributed by atoms with E-state index in [1.165, 1.54) is 0 Å². The van der Waals surface area contributed by atoms with Crippen molar-refractivity contribution in [1.82, 2.24) is 4.98 Å². The molecule has 1 aromatic heterocycles. The van der Waals surface area contributed by atoms with Crippen molar-refractivity contribution in [3.05, 3.63) is 96.2 Å². The van der Waals surface area contributed by atoms with Crippen LogP contribution in [-0.2, 0) is 0 Å². The lowest BCUT2D eigenvalue weighted by molar-refractivity contribution is 0.0729. The molecule has 4 aromatic rings. The van der Waals surface area contributed by atoms with Gasteiger partial charge in [-0.2, -0.15) is 5.26 Å². The molecule has 0 unspecified atom stereocenters. The zero-order valence-electron chi connectivity index (χ0n) is 14.3. The minimum Gasteiger partial charge on any atom is -0.422 e. The third-order valence-electron chi connectivity index (χ3n) is 4.22. The molecule has 27 heavy (non-hydrogen) atoms. The third-order valence-corrected chi connectivity index (χ3v) is 4.22. The van der Waals surface area contributed by atoms with Crippen LogP contribution < -0.4 is 4.74 Å². The number of fused-ring (bicyclic) bond motifs is 1. The van der Waals surface area contributed by atoms with Gasteiger partial charge in [0.25, 0.3) is 0 Å². The number of aromatic nitrogens is 1. The predicted molar refractivity (Wildman–Crippen MR) is 103 cm³/mol. The van der Waals surface area contributed by atoms with Gasteiger partial charge in [-0.25, -0.2) is 9.78 Å². The SMILES string of the molecule is N#Cc1ccc(-c2ccc(OC(=O)c3ccc4ccccc4n3)cc2)cc1. The maximum atomic E-state index is 12.4. The molecule has 1 heterocycles. The molecule has 0 saturated carbocycles. The molecule has 0 atom stereocenters. The molecule has 4 nitrogen and oxygen atoms in total. The lowest BCUT2D eigenvalue weighted by Gasteiger charge is -2.06. The first-order valence-corrected chi connectivity index (χ1v) is 8.41. The summed E-state index contributed by atoms with van der Waals surface area (Å²) in [5.41, 5.74) is 3.60. The van der Waals surface area contributed by atoms with Gasteiger partial charge in [-0.15, -0.1) is 0 Å². The first-order valence-electron chi connectivity index (χ1n) is 8.41. The summed E-state index contributed by atoms with van der Waals surface area (Å²) in [5.74, 6) is -0.0424. The van der Waals surface area contributed by atoms with Crippen LogP contribution in [0.25, 0.3) is 22.0 Å². The number of carbonyl (C=O) groups excluding carboxylic acids is 1. The summed E-state index contributed by atoms with van der Waals surface area (Å²) in [4.78, 5) is 16.7. The van der Waals surface area contributed by atoms with E-state index < -0.39 is 5.97 Å². The van der Waals surface area contributed by atoms with Crippen molar-refractivity contribution in [2.75, 3.05) is 0 Å². The summed E-state index contributed by atoms with van der Waals surface area (Å²) in [6, 6.07) is 27.8. The highest BCUT2D eigenvalue weighted by Crippen LogP contribution is 2.23. The highest BCUT2D eigenvalue weighted by molar-refractivity contribution is 5.92. The van der Waals surface area contributed by atoms with Crippen molar-refractivity contribution >= 4 is 16.9 Å². The quantitative estimate of drug-likeness (QED) is 0.386. The number of esters is 1. The largest absolute Gasteiger partial charge is 0.422 e. The van der Waals surface area contributed by atoms with E-state index in [-0.39, 0.29) is 5.69 Å². The highest BCUT2D eigenvalue weighted by Gasteiger charge is 2.11. The molecular formula is C23H14N2O2. The van der Waals surface area contributed by atoms with Gasteiger partial charge in [-0.3, -0.25) is 0 Å². The normalized spacial score (nSPS) is 10.3. The minimum atomic E-state index is -0.494.